The van der Waals surface area contributed by atoms with Crippen LogP contribution in [0, 0.1) is 0 Å². The minimum atomic E-state index is -0.0490. The summed E-state index contributed by atoms with van der Waals surface area (Å²) in [5.74, 6) is 1.17. The molecule has 6 heteroatoms. The molecule has 120 valence electrons. The van der Waals surface area contributed by atoms with E-state index in [1.54, 1.807) is 35.4 Å². The lowest BCUT2D eigenvalue weighted by molar-refractivity contribution is -0.132. The lowest BCUT2D eigenvalue weighted by Gasteiger charge is -2.17. The Labute approximate surface area is 139 Å². The van der Waals surface area contributed by atoms with Crippen molar-refractivity contribution in [3.05, 3.63) is 53.7 Å². The second kappa shape index (κ2) is 7.33. The zero-order valence-electron chi connectivity index (χ0n) is 12.5. The fourth-order valence-corrected chi connectivity index (χ4v) is 2.53. The van der Waals surface area contributed by atoms with Crippen molar-refractivity contribution in [2.24, 2.45) is 0 Å². The van der Waals surface area contributed by atoms with E-state index >= 15 is 0 Å². The summed E-state index contributed by atoms with van der Waals surface area (Å²) in [6.45, 7) is 1.23. The van der Waals surface area contributed by atoms with Crippen LogP contribution in [-0.4, -0.2) is 41.6 Å². The molecule has 5 nitrogen and oxygen atoms in total. The number of pyridine rings is 1. The highest BCUT2D eigenvalue weighted by molar-refractivity contribution is 6.30. The zero-order chi connectivity index (χ0) is 16.1. The van der Waals surface area contributed by atoms with Gasteiger partial charge in [0, 0.05) is 30.3 Å². The summed E-state index contributed by atoms with van der Waals surface area (Å²) in [6, 6.07) is 12.5. The van der Waals surface area contributed by atoms with Gasteiger partial charge >= 0.3 is 0 Å². The summed E-state index contributed by atoms with van der Waals surface area (Å²) in [4.78, 5) is 18.1. The smallest absolute Gasteiger partial charge is 0.260 e. The Hall–Kier alpha value is -2.27. The van der Waals surface area contributed by atoms with Crippen LogP contribution in [0.3, 0.4) is 0 Å². The van der Waals surface area contributed by atoms with Crippen molar-refractivity contribution in [3.8, 4) is 11.6 Å². The molecule has 0 bridgehead atoms. The van der Waals surface area contributed by atoms with Crippen molar-refractivity contribution < 1.29 is 14.3 Å². The number of hydrogen-bond acceptors (Lipinski definition) is 4. The average Bonchev–Trinajstić information content (AvgIpc) is 3.03. The van der Waals surface area contributed by atoms with Crippen LogP contribution in [0.25, 0.3) is 0 Å². The minimum absolute atomic E-state index is 0.0118. The fourth-order valence-electron chi connectivity index (χ4n) is 2.41. The highest BCUT2D eigenvalue weighted by Crippen LogP contribution is 2.18. The first-order valence-electron chi connectivity index (χ1n) is 7.44. The van der Waals surface area contributed by atoms with Crippen LogP contribution in [0.4, 0.5) is 0 Å². The first-order chi connectivity index (χ1) is 11.2. The number of benzene rings is 1. The van der Waals surface area contributed by atoms with Gasteiger partial charge in [-0.3, -0.25) is 4.79 Å². The lowest BCUT2D eigenvalue weighted by Crippen LogP contribution is -2.34. The van der Waals surface area contributed by atoms with E-state index in [9.17, 15) is 4.79 Å². The monoisotopic (exact) mass is 332 g/mol. The van der Waals surface area contributed by atoms with Crippen LogP contribution in [0.2, 0.25) is 5.02 Å². The van der Waals surface area contributed by atoms with Gasteiger partial charge in [0.25, 0.3) is 5.91 Å². The van der Waals surface area contributed by atoms with Gasteiger partial charge in [0.1, 0.15) is 11.9 Å². The van der Waals surface area contributed by atoms with E-state index in [1.807, 2.05) is 18.2 Å². The molecule has 1 aliphatic rings. The highest BCUT2D eigenvalue weighted by Gasteiger charge is 2.28. The molecule has 1 atom stereocenters. The number of hydrogen-bond donors (Lipinski definition) is 0. The third-order valence-corrected chi connectivity index (χ3v) is 3.85. The van der Waals surface area contributed by atoms with Crippen molar-refractivity contribution in [1.82, 2.24) is 9.88 Å². The SMILES string of the molecule is O=C(COc1ccc(Cl)cc1)N1CCC(Oc2ccccn2)C1. The molecule has 1 fully saturated rings. The molecule has 1 aromatic heterocycles. The third-order valence-electron chi connectivity index (χ3n) is 3.60. The van der Waals surface area contributed by atoms with Crippen LogP contribution in [0.1, 0.15) is 6.42 Å². The van der Waals surface area contributed by atoms with Gasteiger partial charge in [-0.15, -0.1) is 0 Å². The number of amides is 1. The Morgan fingerprint density at radius 3 is 2.83 bits per heavy atom. The Balaban J connectivity index is 1.46. The average molecular weight is 333 g/mol. The van der Waals surface area contributed by atoms with Gasteiger partial charge in [0.15, 0.2) is 6.61 Å². The maximum atomic E-state index is 12.2. The standard InChI is InChI=1S/C17H17ClN2O3/c18-13-4-6-14(7-5-13)22-12-17(21)20-10-8-15(11-20)23-16-3-1-2-9-19-16/h1-7,9,15H,8,10-12H2. The Kier molecular flexibility index (Phi) is 4.98. The number of halogens is 1. The van der Waals surface area contributed by atoms with Crippen LogP contribution in [0.15, 0.2) is 48.7 Å². The number of ether oxygens (including phenoxy) is 2. The van der Waals surface area contributed by atoms with Crippen molar-refractivity contribution in [1.29, 1.82) is 0 Å². The predicted molar refractivity (Wildman–Crippen MR) is 86.8 cm³/mol. The van der Waals surface area contributed by atoms with Gasteiger partial charge in [-0.2, -0.15) is 0 Å². The largest absolute Gasteiger partial charge is 0.484 e. The maximum Gasteiger partial charge on any atom is 0.260 e. The van der Waals surface area contributed by atoms with E-state index in [0.29, 0.717) is 29.7 Å². The van der Waals surface area contributed by atoms with Crippen LogP contribution < -0.4 is 9.47 Å². The highest BCUT2D eigenvalue weighted by atomic mass is 35.5. The normalized spacial score (nSPS) is 17.1. The number of carbonyl (C=O) groups excluding carboxylic acids is 1. The Morgan fingerprint density at radius 2 is 2.09 bits per heavy atom. The second-order valence-corrected chi connectivity index (χ2v) is 5.72. The molecule has 0 N–H and O–H groups in total. The van der Waals surface area contributed by atoms with Crippen LogP contribution in [-0.2, 0) is 4.79 Å². The van der Waals surface area contributed by atoms with Gasteiger partial charge in [0.05, 0.1) is 6.54 Å². The molecule has 1 saturated heterocycles. The van der Waals surface area contributed by atoms with Crippen LogP contribution >= 0.6 is 11.6 Å². The fraction of sp³-hybridized carbons (Fsp3) is 0.294. The Morgan fingerprint density at radius 1 is 1.26 bits per heavy atom. The molecule has 23 heavy (non-hydrogen) atoms. The van der Waals surface area contributed by atoms with Crippen molar-refractivity contribution in [3.63, 3.8) is 0 Å². The minimum Gasteiger partial charge on any atom is -0.484 e. The third kappa shape index (κ3) is 4.36. The van der Waals surface area contributed by atoms with E-state index in [-0.39, 0.29) is 18.6 Å². The lowest BCUT2D eigenvalue weighted by atomic mass is 10.3. The van der Waals surface area contributed by atoms with E-state index in [4.69, 9.17) is 21.1 Å². The van der Waals surface area contributed by atoms with Crippen molar-refractivity contribution in [2.75, 3.05) is 19.7 Å². The molecule has 1 aromatic carbocycles. The summed E-state index contributed by atoms with van der Waals surface area (Å²) in [7, 11) is 0. The molecule has 1 aliphatic heterocycles. The maximum absolute atomic E-state index is 12.2. The summed E-state index contributed by atoms with van der Waals surface area (Å²) < 4.78 is 11.3. The van der Waals surface area contributed by atoms with Gasteiger partial charge < -0.3 is 14.4 Å². The molecular formula is C17H17ClN2O3. The van der Waals surface area contributed by atoms with Crippen LogP contribution in [0.5, 0.6) is 11.6 Å². The summed E-state index contributed by atoms with van der Waals surface area (Å²) >= 11 is 5.81. The summed E-state index contributed by atoms with van der Waals surface area (Å²) in [5.41, 5.74) is 0. The Bertz CT molecular complexity index is 649. The summed E-state index contributed by atoms with van der Waals surface area (Å²) in [5, 5.41) is 0.637. The molecule has 0 spiro atoms. The van der Waals surface area contributed by atoms with E-state index < -0.39 is 0 Å². The first kappa shape index (κ1) is 15.6. The van der Waals surface area contributed by atoms with Gasteiger partial charge in [0.2, 0.25) is 5.88 Å². The molecule has 0 saturated carbocycles. The predicted octanol–water partition coefficient (Wildman–Crippen LogP) is 2.79. The molecule has 2 aromatic rings. The number of aromatic nitrogens is 1. The molecular weight excluding hydrogens is 316 g/mol. The van der Waals surface area contributed by atoms with E-state index in [2.05, 4.69) is 4.98 Å². The number of carbonyl (C=O) groups is 1. The second-order valence-electron chi connectivity index (χ2n) is 5.28. The summed E-state index contributed by atoms with van der Waals surface area (Å²) in [6.07, 6.45) is 2.46. The molecule has 0 aliphatic carbocycles. The molecule has 0 radical (unpaired) electrons. The van der Waals surface area contributed by atoms with E-state index in [0.717, 1.165) is 6.42 Å². The molecule has 1 unspecified atom stereocenters. The van der Waals surface area contributed by atoms with Gasteiger partial charge in [-0.05, 0) is 30.3 Å². The zero-order valence-corrected chi connectivity index (χ0v) is 13.3. The first-order valence-corrected chi connectivity index (χ1v) is 7.82. The van der Waals surface area contributed by atoms with Gasteiger partial charge in [-0.25, -0.2) is 4.98 Å². The van der Waals surface area contributed by atoms with E-state index in [1.165, 1.54) is 0 Å². The molecule has 1 amide bonds. The van der Waals surface area contributed by atoms with Gasteiger partial charge in [-0.1, -0.05) is 17.7 Å². The molecule has 2 heterocycles. The number of nitrogens with zero attached hydrogens (tertiary/aromatic N) is 2. The number of rotatable bonds is 5. The topological polar surface area (TPSA) is 51.7 Å². The number of likely N-dealkylation sites (tertiary alicyclic amines) is 1. The van der Waals surface area contributed by atoms with Crippen molar-refractivity contribution in [2.45, 2.75) is 12.5 Å². The molecule has 3 rings (SSSR count). The van der Waals surface area contributed by atoms with Crippen molar-refractivity contribution >= 4 is 17.5 Å². The quantitative estimate of drug-likeness (QED) is 0.845.